The summed E-state index contributed by atoms with van der Waals surface area (Å²) in [4.78, 5) is 19.7. The highest BCUT2D eigenvalue weighted by Crippen LogP contribution is 1.99. The van der Waals surface area contributed by atoms with Crippen molar-refractivity contribution in [1.82, 2.24) is 19.1 Å². The molecule has 1 atom stereocenters. The van der Waals surface area contributed by atoms with Crippen LogP contribution >= 0.6 is 0 Å². The van der Waals surface area contributed by atoms with Crippen LogP contribution in [0.3, 0.4) is 0 Å². The largest absolute Gasteiger partial charge is 0.361 e. The summed E-state index contributed by atoms with van der Waals surface area (Å²) < 4.78 is 3.45. The second-order valence-electron chi connectivity index (χ2n) is 4.00. The highest BCUT2D eigenvalue weighted by atomic mass is 16.1. The van der Waals surface area contributed by atoms with E-state index in [-0.39, 0.29) is 11.6 Å². The molecule has 0 fully saturated rings. The van der Waals surface area contributed by atoms with Crippen LogP contribution in [0.15, 0.2) is 35.9 Å². The van der Waals surface area contributed by atoms with E-state index in [1.165, 1.54) is 4.57 Å². The minimum absolute atomic E-state index is 0.104. The van der Waals surface area contributed by atoms with Crippen LogP contribution in [-0.2, 0) is 13.6 Å². The molecular weight excluding hydrogens is 218 g/mol. The molecule has 0 saturated carbocycles. The first kappa shape index (κ1) is 11.4. The maximum atomic E-state index is 11.7. The van der Waals surface area contributed by atoms with E-state index in [1.54, 1.807) is 32.0 Å². The second kappa shape index (κ2) is 4.82. The Bertz CT molecular complexity index is 531. The predicted octanol–water partition coefficient (Wildman–Crippen LogP) is 0.477. The fraction of sp³-hybridized carbons (Fsp3) is 0.364. The Morgan fingerprint density at radius 1 is 1.41 bits per heavy atom. The number of rotatable bonds is 4. The van der Waals surface area contributed by atoms with Crippen LogP contribution in [0.4, 0.5) is 5.82 Å². The van der Waals surface area contributed by atoms with Gasteiger partial charge in [-0.25, -0.2) is 9.97 Å². The molecule has 6 nitrogen and oxygen atoms in total. The third-order valence-electron chi connectivity index (χ3n) is 2.44. The van der Waals surface area contributed by atoms with Crippen molar-refractivity contribution in [3.8, 4) is 0 Å². The molecule has 0 bridgehead atoms. The van der Waals surface area contributed by atoms with Gasteiger partial charge in [-0.15, -0.1) is 0 Å². The third-order valence-corrected chi connectivity index (χ3v) is 2.44. The van der Waals surface area contributed by atoms with E-state index in [1.807, 2.05) is 17.7 Å². The Kier molecular flexibility index (Phi) is 3.22. The van der Waals surface area contributed by atoms with Gasteiger partial charge in [0.1, 0.15) is 0 Å². The molecule has 0 radical (unpaired) electrons. The Labute approximate surface area is 98.9 Å². The summed E-state index contributed by atoms with van der Waals surface area (Å²) in [6, 6.07) is 0.104. The van der Waals surface area contributed by atoms with Gasteiger partial charge in [0.05, 0.1) is 6.33 Å². The maximum Gasteiger partial charge on any atom is 0.293 e. The fourth-order valence-electron chi connectivity index (χ4n) is 1.59. The van der Waals surface area contributed by atoms with Gasteiger partial charge < -0.3 is 14.5 Å². The standard InChI is InChI=1S/C11H15N5O/c1-9(7-16-6-3-12-8-16)14-10-11(17)15(2)5-4-13-10/h3-6,8-9H,7H2,1-2H3,(H,13,14). The molecule has 2 aromatic heterocycles. The van der Waals surface area contributed by atoms with Crippen molar-refractivity contribution in [1.29, 1.82) is 0 Å². The lowest BCUT2D eigenvalue weighted by Gasteiger charge is -2.14. The van der Waals surface area contributed by atoms with Crippen LogP contribution in [0.2, 0.25) is 0 Å². The van der Waals surface area contributed by atoms with Gasteiger partial charge in [-0.2, -0.15) is 0 Å². The normalized spacial score (nSPS) is 12.4. The summed E-state index contributed by atoms with van der Waals surface area (Å²) in [6.45, 7) is 2.73. The van der Waals surface area contributed by atoms with Crippen molar-refractivity contribution < 1.29 is 0 Å². The Hall–Kier alpha value is -2.11. The monoisotopic (exact) mass is 233 g/mol. The van der Waals surface area contributed by atoms with Crippen LogP contribution in [0.1, 0.15) is 6.92 Å². The lowest BCUT2D eigenvalue weighted by molar-refractivity contribution is 0.615. The summed E-state index contributed by atoms with van der Waals surface area (Å²) in [5.74, 6) is 0.377. The molecule has 0 aliphatic heterocycles. The molecule has 0 aromatic carbocycles. The molecule has 6 heteroatoms. The predicted molar refractivity (Wildman–Crippen MR) is 64.8 cm³/mol. The topological polar surface area (TPSA) is 64.7 Å². The van der Waals surface area contributed by atoms with Gasteiger partial charge in [0, 0.05) is 44.4 Å². The molecule has 2 heterocycles. The van der Waals surface area contributed by atoms with Crippen molar-refractivity contribution >= 4 is 5.82 Å². The van der Waals surface area contributed by atoms with Crippen LogP contribution in [0.5, 0.6) is 0 Å². The molecule has 0 spiro atoms. The highest BCUT2D eigenvalue weighted by molar-refractivity contribution is 5.31. The van der Waals surface area contributed by atoms with E-state index in [4.69, 9.17) is 0 Å². The number of aromatic nitrogens is 4. The zero-order valence-electron chi connectivity index (χ0n) is 9.87. The van der Waals surface area contributed by atoms with E-state index in [0.717, 1.165) is 6.54 Å². The average molecular weight is 233 g/mol. The van der Waals surface area contributed by atoms with Crippen LogP contribution in [-0.4, -0.2) is 25.1 Å². The van der Waals surface area contributed by atoms with E-state index in [0.29, 0.717) is 5.82 Å². The zero-order chi connectivity index (χ0) is 12.3. The SMILES string of the molecule is CC(Cn1ccnc1)Nc1nccn(C)c1=O. The van der Waals surface area contributed by atoms with Gasteiger partial charge in [0.15, 0.2) is 5.82 Å². The molecule has 1 N–H and O–H groups in total. The Balaban J connectivity index is 2.05. The van der Waals surface area contributed by atoms with Gasteiger partial charge in [-0.05, 0) is 6.92 Å². The lowest BCUT2D eigenvalue weighted by atomic mass is 10.3. The van der Waals surface area contributed by atoms with E-state index >= 15 is 0 Å². The number of imidazole rings is 1. The molecule has 90 valence electrons. The number of hydrogen-bond donors (Lipinski definition) is 1. The third kappa shape index (κ3) is 2.72. The number of aryl methyl sites for hydroxylation is 1. The zero-order valence-corrected chi connectivity index (χ0v) is 9.87. The summed E-state index contributed by atoms with van der Waals surface area (Å²) >= 11 is 0. The molecule has 1 unspecified atom stereocenters. The van der Waals surface area contributed by atoms with Gasteiger partial charge in [0.2, 0.25) is 0 Å². The number of anilines is 1. The molecule has 0 saturated heterocycles. The Morgan fingerprint density at radius 3 is 2.94 bits per heavy atom. The lowest BCUT2D eigenvalue weighted by Crippen LogP contribution is -2.28. The van der Waals surface area contributed by atoms with E-state index < -0.39 is 0 Å². The van der Waals surface area contributed by atoms with E-state index in [2.05, 4.69) is 15.3 Å². The summed E-state index contributed by atoms with van der Waals surface area (Å²) in [6.07, 6.45) is 8.59. The molecule has 2 rings (SSSR count). The van der Waals surface area contributed by atoms with Gasteiger partial charge in [-0.3, -0.25) is 4.79 Å². The van der Waals surface area contributed by atoms with E-state index in [9.17, 15) is 4.79 Å². The van der Waals surface area contributed by atoms with Crippen molar-refractivity contribution in [2.75, 3.05) is 5.32 Å². The molecule has 2 aromatic rings. The maximum absolute atomic E-state index is 11.7. The Morgan fingerprint density at radius 2 is 2.24 bits per heavy atom. The van der Waals surface area contributed by atoms with Crippen LogP contribution in [0.25, 0.3) is 0 Å². The van der Waals surface area contributed by atoms with Crippen molar-refractivity contribution in [2.45, 2.75) is 19.5 Å². The summed E-state index contributed by atoms with van der Waals surface area (Å²) in [5, 5.41) is 3.10. The van der Waals surface area contributed by atoms with Crippen molar-refractivity contribution in [3.63, 3.8) is 0 Å². The first-order chi connectivity index (χ1) is 8.16. The average Bonchev–Trinajstić information content (AvgIpc) is 2.77. The smallest absolute Gasteiger partial charge is 0.293 e. The first-order valence-corrected chi connectivity index (χ1v) is 5.40. The van der Waals surface area contributed by atoms with Crippen molar-refractivity contribution in [3.05, 3.63) is 41.5 Å². The minimum Gasteiger partial charge on any atom is -0.361 e. The summed E-state index contributed by atoms with van der Waals surface area (Å²) in [5.41, 5.74) is -0.120. The van der Waals surface area contributed by atoms with Gasteiger partial charge in [-0.1, -0.05) is 0 Å². The molecular formula is C11H15N5O. The number of hydrogen-bond acceptors (Lipinski definition) is 4. The quantitative estimate of drug-likeness (QED) is 0.834. The fourth-order valence-corrected chi connectivity index (χ4v) is 1.59. The van der Waals surface area contributed by atoms with Crippen molar-refractivity contribution in [2.24, 2.45) is 7.05 Å². The second-order valence-corrected chi connectivity index (χ2v) is 4.00. The van der Waals surface area contributed by atoms with Gasteiger partial charge in [0.25, 0.3) is 5.56 Å². The van der Waals surface area contributed by atoms with Crippen LogP contribution in [0, 0.1) is 0 Å². The minimum atomic E-state index is -0.120. The molecule has 0 aliphatic carbocycles. The first-order valence-electron chi connectivity index (χ1n) is 5.40. The molecule has 0 amide bonds. The summed E-state index contributed by atoms with van der Waals surface area (Å²) in [7, 11) is 1.70. The number of nitrogens with one attached hydrogen (secondary N) is 1. The molecule has 17 heavy (non-hydrogen) atoms. The van der Waals surface area contributed by atoms with Crippen LogP contribution < -0.4 is 10.9 Å². The van der Waals surface area contributed by atoms with Gasteiger partial charge >= 0.3 is 0 Å². The highest BCUT2D eigenvalue weighted by Gasteiger charge is 2.07. The number of nitrogens with zero attached hydrogens (tertiary/aromatic N) is 4. The molecule has 0 aliphatic rings.